The molecular formula is C13H20O2. The van der Waals surface area contributed by atoms with Gasteiger partial charge in [0.15, 0.2) is 0 Å². The van der Waals surface area contributed by atoms with Crippen molar-refractivity contribution in [1.29, 1.82) is 0 Å². The van der Waals surface area contributed by atoms with Gasteiger partial charge in [0.25, 0.3) is 0 Å². The predicted molar refractivity (Wildman–Crippen MR) is 62.2 cm³/mol. The van der Waals surface area contributed by atoms with Crippen LogP contribution in [-0.4, -0.2) is 12.2 Å². The number of hydrogen-bond acceptors (Lipinski definition) is 2. The van der Waals surface area contributed by atoms with Crippen LogP contribution in [0.1, 0.15) is 37.8 Å². The predicted octanol–water partition coefficient (Wildman–Crippen LogP) is 3.01. The zero-order valence-corrected chi connectivity index (χ0v) is 10.0. The van der Waals surface area contributed by atoms with E-state index in [1.807, 2.05) is 32.0 Å². The van der Waals surface area contributed by atoms with Crippen LogP contribution < -0.4 is 4.74 Å². The normalized spacial score (nSPS) is 14.7. The maximum atomic E-state index is 10.3. The van der Waals surface area contributed by atoms with Crippen molar-refractivity contribution in [3.63, 3.8) is 0 Å². The Kier molecular flexibility index (Phi) is 3.75. The van der Waals surface area contributed by atoms with Gasteiger partial charge in [0.05, 0.1) is 12.7 Å². The van der Waals surface area contributed by atoms with Crippen molar-refractivity contribution >= 4 is 0 Å². The van der Waals surface area contributed by atoms with Crippen LogP contribution in [-0.2, 0) is 5.60 Å². The monoisotopic (exact) mass is 208 g/mol. The average Bonchev–Trinajstić information content (AvgIpc) is 2.17. The molecule has 0 unspecified atom stereocenters. The molecule has 0 aromatic heterocycles. The number of methoxy groups -OCH3 is 1. The third-order valence-corrected chi connectivity index (χ3v) is 2.67. The minimum Gasteiger partial charge on any atom is -0.496 e. The van der Waals surface area contributed by atoms with Crippen molar-refractivity contribution in [2.24, 2.45) is 0 Å². The van der Waals surface area contributed by atoms with Gasteiger partial charge in [-0.3, -0.25) is 0 Å². The molecule has 15 heavy (non-hydrogen) atoms. The highest BCUT2D eigenvalue weighted by Crippen LogP contribution is 2.33. The molecule has 0 amide bonds. The van der Waals surface area contributed by atoms with Crippen molar-refractivity contribution in [3.05, 3.63) is 29.3 Å². The van der Waals surface area contributed by atoms with Gasteiger partial charge in [-0.15, -0.1) is 0 Å². The van der Waals surface area contributed by atoms with Crippen LogP contribution in [0.4, 0.5) is 0 Å². The number of aliphatic hydroxyl groups is 1. The quantitative estimate of drug-likeness (QED) is 0.824. The summed E-state index contributed by atoms with van der Waals surface area (Å²) in [5.41, 5.74) is 1.22. The largest absolute Gasteiger partial charge is 0.496 e. The van der Waals surface area contributed by atoms with E-state index >= 15 is 0 Å². The highest BCUT2D eigenvalue weighted by atomic mass is 16.5. The van der Waals surface area contributed by atoms with Gasteiger partial charge >= 0.3 is 0 Å². The highest BCUT2D eigenvalue weighted by Gasteiger charge is 2.25. The second-order valence-electron chi connectivity index (χ2n) is 4.23. The van der Waals surface area contributed by atoms with Crippen molar-refractivity contribution in [2.45, 2.75) is 39.2 Å². The Morgan fingerprint density at radius 3 is 2.60 bits per heavy atom. The molecule has 0 fully saturated rings. The number of rotatable bonds is 4. The molecule has 1 rings (SSSR count). The molecular weight excluding hydrogens is 188 g/mol. The fourth-order valence-corrected chi connectivity index (χ4v) is 1.86. The zero-order chi connectivity index (χ0) is 11.5. The van der Waals surface area contributed by atoms with Gasteiger partial charge in [-0.05, 0) is 32.4 Å². The smallest absolute Gasteiger partial charge is 0.124 e. The Balaban J connectivity index is 3.15. The summed E-state index contributed by atoms with van der Waals surface area (Å²) in [4.78, 5) is 0. The summed E-state index contributed by atoms with van der Waals surface area (Å²) in [7, 11) is 1.64. The number of hydrogen-bond donors (Lipinski definition) is 1. The summed E-state index contributed by atoms with van der Waals surface area (Å²) in [6.45, 7) is 5.93. The van der Waals surface area contributed by atoms with E-state index in [1.165, 1.54) is 0 Å². The summed E-state index contributed by atoms with van der Waals surface area (Å²) in [6.07, 6.45) is 1.69. The lowest BCUT2D eigenvalue weighted by Crippen LogP contribution is -2.21. The first kappa shape index (κ1) is 12.1. The average molecular weight is 208 g/mol. The molecule has 84 valence electrons. The molecule has 0 bridgehead atoms. The number of ether oxygens (including phenoxy) is 1. The first-order chi connectivity index (χ1) is 7.01. The van der Waals surface area contributed by atoms with Crippen LogP contribution in [0.25, 0.3) is 0 Å². The molecule has 0 saturated heterocycles. The Bertz CT molecular complexity index is 329. The lowest BCUT2D eigenvalue weighted by Gasteiger charge is -2.25. The number of benzene rings is 1. The van der Waals surface area contributed by atoms with Gasteiger partial charge in [0, 0.05) is 5.56 Å². The van der Waals surface area contributed by atoms with Crippen LogP contribution in [0.2, 0.25) is 0 Å². The van der Waals surface area contributed by atoms with Crippen molar-refractivity contribution in [2.75, 3.05) is 7.11 Å². The lowest BCUT2D eigenvalue weighted by atomic mass is 9.89. The van der Waals surface area contributed by atoms with Gasteiger partial charge in [-0.2, -0.15) is 0 Å². The van der Waals surface area contributed by atoms with Crippen LogP contribution in [0.15, 0.2) is 18.2 Å². The second kappa shape index (κ2) is 4.67. The highest BCUT2D eigenvalue weighted by molar-refractivity contribution is 5.40. The van der Waals surface area contributed by atoms with E-state index in [9.17, 15) is 5.11 Å². The minimum absolute atomic E-state index is 0.743. The maximum absolute atomic E-state index is 10.3. The summed E-state index contributed by atoms with van der Waals surface area (Å²) in [5, 5.41) is 10.3. The molecule has 1 aromatic carbocycles. The zero-order valence-electron chi connectivity index (χ0n) is 10.0. The Morgan fingerprint density at radius 2 is 2.07 bits per heavy atom. The van der Waals surface area contributed by atoms with Crippen LogP contribution in [0.3, 0.4) is 0 Å². The van der Waals surface area contributed by atoms with Crippen molar-refractivity contribution in [3.8, 4) is 5.75 Å². The molecule has 0 aliphatic rings. The van der Waals surface area contributed by atoms with Crippen LogP contribution >= 0.6 is 0 Å². The third-order valence-electron chi connectivity index (χ3n) is 2.67. The molecule has 0 heterocycles. The van der Waals surface area contributed by atoms with Gasteiger partial charge in [-0.1, -0.05) is 25.0 Å². The number of aryl methyl sites for hydroxylation is 1. The molecule has 1 N–H and O–H groups in total. The Hall–Kier alpha value is -1.02. The molecule has 0 aliphatic carbocycles. The van der Waals surface area contributed by atoms with Gasteiger partial charge < -0.3 is 9.84 Å². The SMILES string of the molecule is CCC[C@](C)(O)c1cc(C)ccc1OC. The first-order valence-corrected chi connectivity index (χ1v) is 5.38. The molecule has 0 radical (unpaired) electrons. The minimum atomic E-state index is -0.799. The Morgan fingerprint density at radius 1 is 1.40 bits per heavy atom. The topological polar surface area (TPSA) is 29.5 Å². The molecule has 1 atom stereocenters. The van der Waals surface area contributed by atoms with Gasteiger partial charge in [0.2, 0.25) is 0 Å². The standard InChI is InChI=1S/C13H20O2/c1-5-8-13(3,14)11-9-10(2)6-7-12(11)15-4/h6-7,9,14H,5,8H2,1-4H3/t13-/m0/s1. The fraction of sp³-hybridized carbons (Fsp3) is 0.538. The van der Waals surface area contributed by atoms with Crippen molar-refractivity contribution in [1.82, 2.24) is 0 Å². The summed E-state index contributed by atoms with van der Waals surface area (Å²) in [5.74, 6) is 0.763. The lowest BCUT2D eigenvalue weighted by molar-refractivity contribution is 0.0444. The van der Waals surface area contributed by atoms with Crippen LogP contribution in [0.5, 0.6) is 5.75 Å². The van der Waals surface area contributed by atoms with E-state index in [4.69, 9.17) is 4.74 Å². The fourth-order valence-electron chi connectivity index (χ4n) is 1.86. The van der Waals surface area contributed by atoms with E-state index in [-0.39, 0.29) is 0 Å². The third kappa shape index (κ3) is 2.72. The van der Waals surface area contributed by atoms with Gasteiger partial charge in [-0.25, -0.2) is 0 Å². The van der Waals surface area contributed by atoms with E-state index in [0.717, 1.165) is 29.7 Å². The molecule has 1 aromatic rings. The van der Waals surface area contributed by atoms with Crippen molar-refractivity contribution < 1.29 is 9.84 Å². The molecule has 2 heteroatoms. The van der Waals surface area contributed by atoms with E-state index in [0.29, 0.717) is 0 Å². The summed E-state index contributed by atoms with van der Waals surface area (Å²) in [6, 6.07) is 5.90. The Labute approximate surface area is 91.9 Å². The van der Waals surface area contributed by atoms with Gasteiger partial charge in [0.1, 0.15) is 5.75 Å². The van der Waals surface area contributed by atoms with E-state index in [1.54, 1.807) is 7.11 Å². The summed E-state index contributed by atoms with van der Waals surface area (Å²) >= 11 is 0. The molecule has 2 nitrogen and oxygen atoms in total. The maximum Gasteiger partial charge on any atom is 0.124 e. The molecule has 0 spiro atoms. The first-order valence-electron chi connectivity index (χ1n) is 5.38. The molecule has 0 saturated carbocycles. The van der Waals surface area contributed by atoms with E-state index < -0.39 is 5.60 Å². The summed E-state index contributed by atoms with van der Waals surface area (Å²) < 4.78 is 5.27. The molecule has 0 aliphatic heterocycles. The van der Waals surface area contributed by atoms with Crippen LogP contribution in [0, 0.1) is 6.92 Å². The van der Waals surface area contributed by atoms with E-state index in [2.05, 4.69) is 6.92 Å². The second-order valence-corrected chi connectivity index (χ2v) is 4.23.